The predicted molar refractivity (Wildman–Crippen MR) is 76.3 cm³/mol. The molecule has 7 heteroatoms. The molecular formula is C14H22O6S. The highest BCUT2D eigenvalue weighted by molar-refractivity contribution is 7.86. The van der Waals surface area contributed by atoms with Gasteiger partial charge in [-0.25, -0.2) is 0 Å². The minimum atomic E-state index is -3.48. The van der Waals surface area contributed by atoms with Crippen molar-refractivity contribution in [2.75, 3.05) is 6.26 Å². The molecule has 1 N–H and O–H groups in total. The first-order valence-electron chi connectivity index (χ1n) is 7.27. The summed E-state index contributed by atoms with van der Waals surface area (Å²) in [4.78, 5) is 10.4. The van der Waals surface area contributed by atoms with E-state index in [0.717, 1.165) is 19.1 Å². The first-order chi connectivity index (χ1) is 9.87. The summed E-state index contributed by atoms with van der Waals surface area (Å²) < 4.78 is 33.6. The molecule has 2 bridgehead atoms. The van der Waals surface area contributed by atoms with Crippen LogP contribution in [0.25, 0.3) is 0 Å². The Kier molecular flexibility index (Phi) is 5.40. The SMILES string of the molecule is CS(=O)(=O)O[C@@H]1[C@@H](CC=CCCCC(=O)O)[C@H]2CC[C@H]1O2. The van der Waals surface area contributed by atoms with Gasteiger partial charge in [0.1, 0.15) is 6.10 Å². The van der Waals surface area contributed by atoms with Gasteiger partial charge < -0.3 is 9.84 Å². The number of carbonyl (C=O) groups is 1. The molecule has 0 aromatic rings. The van der Waals surface area contributed by atoms with Gasteiger partial charge in [0.25, 0.3) is 10.1 Å². The predicted octanol–water partition coefficient (Wildman–Crippen LogP) is 1.71. The molecule has 2 rings (SSSR count). The largest absolute Gasteiger partial charge is 0.481 e. The van der Waals surface area contributed by atoms with E-state index in [1.54, 1.807) is 0 Å². The van der Waals surface area contributed by atoms with Crippen molar-refractivity contribution in [1.82, 2.24) is 0 Å². The maximum Gasteiger partial charge on any atom is 0.303 e. The second-order valence-electron chi connectivity index (χ2n) is 5.71. The smallest absolute Gasteiger partial charge is 0.303 e. The van der Waals surface area contributed by atoms with Crippen LogP contribution in [0.2, 0.25) is 0 Å². The lowest BCUT2D eigenvalue weighted by Gasteiger charge is -2.25. The van der Waals surface area contributed by atoms with Gasteiger partial charge in [-0.1, -0.05) is 12.2 Å². The van der Waals surface area contributed by atoms with E-state index in [2.05, 4.69) is 0 Å². The van der Waals surface area contributed by atoms with Gasteiger partial charge in [0.05, 0.1) is 18.5 Å². The van der Waals surface area contributed by atoms with Gasteiger partial charge in [-0.15, -0.1) is 0 Å². The standard InChI is InChI=1S/C14H22O6S/c1-21(17,18)20-14-10(11-8-9-12(14)19-11)6-4-2-3-5-7-13(15)16/h2,4,10-12,14H,3,5-9H2,1H3,(H,15,16)/t10-,11+,12+,14+/m0/s1. The minimum absolute atomic E-state index is 0.0641. The van der Waals surface area contributed by atoms with Crippen LogP contribution in [0.15, 0.2) is 12.2 Å². The third-order valence-electron chi connectivity index (χ3n) is 3.97. The lowest BCUT2D eigenvalue weighted by atomic mass is 9.84. The molecule has 21 heavy (non-hydrogen) atoms. The fourth-order valence-corrected chi connectivity index (χ4v) is 3.77. The van der Waals surface area contributed by atoms with E-state index in [-0.39, 0.29) is 30.7 Å². The fraction of sp³-hybridized carbons (Fsp3) is 0.786. The van der Waals surface area contributed by atoms with Crippen molar-refractivity contribution in [3.05, 3.63) is 12.2 Å². The lowest BCUT2D eigenvalue weighted by Crippen LogP contribution is -2.35. The zero-order valence-corrected chi connectivity index (χ0v) is 12.9. The van der Waals surface area contributed by atoms with Gasteiger partial charge in [0.15, 0.2) is 0 Å². The molecule has 2 aliphatic heterocycles. The Morgan fingerprint density at radius 2 is 2.05 bits per heavy atom. The quantitative estimate of drug-likeness (QED) is 0.416. The highest BCUT2D eigenvalue weighted by Gasteiger charge is 2.50. The Hall–Kier alpha value is -0.920. The molecule has 2 heterocycles. The van der Waals surface area contributed by atoms with E-state index in [1.807, 2.05) is 12.2 Å². The minimum Gasteiger partial charge on any atom is -0.481 e. The summed E-state index contributed by atoms with van der Waals surface area (Å²) in [5.41, 5.74) is 0. The van der Waals surface area contributed by atoms with Gasteiger partial charge in [0.2, 0.25) is 0 Å². The molecule has 4 atom stereocenters. The summed E-state index contributed by atoms with van der Waals surface area (Å²) in [5, 5.41) is 8.54. The first kappa shape index (κ1) is 16.5. The maximum atomic E-state index is 11.3. The summed E-state index contributed by atoms with van der Waals surface area (Å²) in [6.07, 6.45) is 8.57. The van der Waals surface area contributed by atoms with Gasteiger partial charge in [0, 0.05) is 12.3 Å². The van der Waals surface area contributed by atoms with E-state index in [0.29, 0.717) is 19.3 Å². The number of carboxylic acids is 1. The molecule has 0 aromatic carbocycles. The maximum absolute atomic E-state index is 11.3. The van der Waals surface area contributed by atoms with E-state index >= 15 is 0 Å². The number of hydrogen-bond acceptors (Lipinski definition) is 5. The van der Waals surface area contributed by atoms with Crippen LogP contribution in [-0.4, -0.2) is 44.1 Å². The molecular weight excluding hydrogens is 296 g/mol. The summed E-state index contributed by atoms with van der Waals surface area (Å²) in [5.74, 6) is -0.722. The number of carboxylic acid groups (broad SMARTS) is 1. The summed E-state index contributed by atoms with van der Waals surface area (Å²) in [6.45, 7) is 0. The molecule has 0 saturated carbocycles. The number of rotatable bonds is 8. The highest BCUT2D eigenvalue weighted by atomic mass is 32.2. The monoisotopic (exact) mass is 318 g/mol. The van der Waals surface area contributed by atoms with Crippen molar-refractivity contribution in [2.45, 2.75) is 56.8 Å². The Morgan fingerprint density at radius 3 is 2.71 bits per heavy atom. The average molecular weight is 318 g/mol. The Bertz CT molecular complexity index is 498. The van der Waals surface area contributed by atoms with Gasteiger partial charge in [-0.2, -0.15) is 8.42 Å². The van der Waals surface area contributed by atoms with E-state index < -0.39 is 16.1 Å². The van der Waals surface area contributed by atoms with E-state index in [1.165, 1.54) is 0 Å². The van der Waals surface area contributed by atoms with Crippen molar-refractivity contribution >= 4 is 16.1 Å². The van der Waals surface area contributed by atoms with E-state index in [9.17, 15) is 13.2 Å². The van der Waals surface area contributed by atoms with Gasteiger partial charge in [-0.3, -0.25) is 8.98 Å². The third-order valence-corrected chi connectivity index (χ3v) is 4.55. The Labute approximate surface area is 125 Å². The molecule has 6 nitrogen and oxygen atoms in total. The van der Waals surface area contributed by atoms with Crippen molar-refractivity contribution < 1.29 is 27.2 Å². The van der Waals surface area contributed by atoms with Crippen molar-refractivity contribution in [1.29, 1.82) is 0 Å². The molecule has 0 aromatic heterocycles. The fourth-order valence-electron chi connectivity index (χ4n) is 3.10. The van der Waals surface area contributed by atoms with Crippen LogP contribution in [0.1, 0.15) is 38.5 Å². The molecule has 2 fully saturated rings. The highest BCUT2D eigenvalue weighted by Crippen LogP contribution is 2.43. The Morgan fingerprint density at radius 1 is 1.33 bits per heavy atom. The zero-order chi connectivity index (χ0) is 15.5. The van der Waals surface area contributed by atoms with Crippen molar-refractivity contribution in [2.24, 2.45) is 5.92 Å². The molecule has 0 unspecified atom stereocenters. The second-order valence-corrected chi connectivity index (χ2v) is 7.31. The molecule has 0 radical (unpaired) electrons. The van der Waals surface area contributed by atoms with Crippen molar-refractivity contribution in [3.8, 4) is 0 Å². The average Bonchev–Trinajstić information content (AvgIpc) is 2.93. The van der Waals surface area contributed by atoms with Crippen LogP contribution < -0.4 is 0 Å². The molecule has 0 amide bonds. The lowest BCUT2D eigenvalue weighted by molar-refractivity contribution is -0.137. The second kappa shape index (κ2) is 6.89. The summed E-state index contributed by atoms with van der Waals surface area (Å²) in [6, 6.07) is 0. The molecule has 0 aliphatic carbocycles. The number of hydrogen-bond donors (Lipinski definition) is 1. The van der Waals surface area contributed by atoms with Crippen LogP contribution in [0, 0.1) is 5.92 Å². The number of ether oxygens (including phenoxy) is 1. The summed E-state index contributed by atoms with van der Waals surface area (Å²) >= 11 is 0. The topological polar surface area (TPSA) is 89.9 Å². The van der Waals surface area contributed by atoms with E-state index in [4.69, 9.17) is 14.0 Å². The van der Waals surface area contributed by atoms with Gasteiger partial charge in [-0.05, 0) is 32.1 Å². The van der Waals surface area contributed by atoms with Crippen LogP contribution in [-0.2, 0) is 23.8 Å². The number of aliphatic carboxylic acids is 1. The summed E-state index contributed by atoms with van der Waals surface area (Å²) in [7, 11) is -3.48. The molecule has 2 saturated heterocycles. The van der Waals surface area contributed by atoms with Crippen molar-refractivity contribution in [3.63, 3.8) is 0 Å². The van der Waals surface area contributed by atoms with Crippen LogP contribution in [0.4, 0.5) is 0 Å². The number of unbranched alkanes of at least 4 members (excludes halogenated alkanes) is 1. The first-order valence-corrected chi connectivity index (χ1v) is 9.09. The third kappa shape index (κ3) is 4.79. The molecule has 0 spiro atoms. The molecule has 120 valence electrons. The number of fused-ring (bicyclic) bond motifs is 2. The van der Waals surface area contributed by atoms with Crippen LogP contribution in [0.5, 0.6) is 0 Å². The normalized spacial score (nSPS) is 32.0. The van der Waals surface area contributed by atoms with Gasteiger partial charge >= 0.3 is 5.97 Å². The number of allylic oxidation sites excluding steroid dienone is 2. The molecule has 2 aliphatic rings. The van der Waals surface area contributed by atoms with Crippen LogP contribution in [0.3, 0.4) is 0 Å². The van der Waals surface area contributed by atoms with Crippen LogP contribution >= 0.6 is 0 Å². The Balaban J connectivity index is 1.83. The zero-order valence-electron chi connectivity index (χ0n) is 12.1.